The standard InChI is InChI=1S/C17H24ClNO/c1-5-13(6-2)16-17(18,20-16)15(19-12(3)4)14-10-8-7-9-11-14/h7-13,16H,5-6H2,1-4H3. The molecule has 20 heavy (non-hydrogen) atoms. The third-order valence-corrected chi connectivity index (χ3v) is 4.32. The first-order valence-electron chi connectivity index (χ1n) is 7.53. The number of epoxide rings is 1. The molecule has 1 heterocycles. The number of nitrogens with zero attached hydrogens (tertiary/aromatic N) is 1. The van der Waals surface area contributed by atoms with Crippen molar-refractivity contribution in [2.24, 2.45) is 10.9 Å². The number of halogens is 1. The average molecular weight is 294 g/mol. The van der Waals surface area contributed by atoms with Crippen LogP contribution >= 0.6 is 11.6 Å². The Morgan fingerprint density at radius 3 is 2.35 bits per heavy atom. The highest BCUT2D eigenvalue weighted by molar-refractivity contribution is 6.40. The lowest BCUT2D eigenvalue weighted by Gasteiger charge is -2.15. The summed E-state index contributed by atoms with van der Waals surface area (Å²) in [6, 6.07) is 10.3. The first-order chi connectivity index (χ1) is 9.52. The molecular formula is C17H24ClNO. The van der Waals surface area contributed by atoms with E-state index in [1.165, 1.54) is 0 Å². The van der Waals surface area contributed by atoms with Gasteiger partial charge < -0.3 is 4.74 Å². The molecule has 0 saturated carbocycles. The smallest absolute Gasteiger partial charge is 0.211 e. The molecule has 2 rings (SSSR count). The van der Waals surface area contributed by atoms with E-state index in [2.05, 4.69) is 39.8 Å². The zero-order chi connectivity index (χ0) is 14.8. The predicted octanol–water partition coefficient (Wildman–Crippen LogP) is 4.65. The maximum Gasteiger partial charge on any atom is 0.211 e. The molecule has 0 radical (unpaired) electrons. The quantitative estimate of drug-likeness (QED) is 0.425. The van der Waals surface area contributed by atoms with E-state index in [1.54, 1.807) is 0 Å². The minimum atomic E-state index is -0.734. The molecule has 0 N–H and O–H groups in total. The average Bonchev–Trinajstić information content (AvgIpc) is 3.11. The van der Waals surface area contributed by atoms with Crippen LogP contribution in [0.1, 0.15) is 46.1 Å². The number of rotatable bonds is 6. The summed E-state index contributed by atoms with van der Waals surface area (Å²) in [6.07, 6.45) is 2.25. The number of hydrogen-bond donors (Lipinski definition) is 0. The third kappa shape index (κ3) is 3.07. The number of aliphatic imine (C=N–C) groups is 1. The summed E-state index contributed by atoms with van der Waals surface area (Å²) in [5, 5.41) is -0.734. The molecule has 1 saturated heterocycles. The second-order valence-electron chi connectivity index (χ2n) is 5.70. The lowest BCUT2D eigenvalue weighted by molar-refractivity contribution is 0.308. The van der Waals surface area contributed by atoms with Crippen molar-refractivity contribution < 1.29 is 4.74 Å². The highest BCUT2D eigenvalue weighted by atomic mass is 35.5. The summed E-state index contributed by atoms with van der Waals surface area (Å²) in [4.78, 5) is 4.74. The Bertz CT molecular complexity index is 467. The lowest BCUT2D eigenvalue weighted by Crippen LogP contribution is -2.26. The van der Waals surface area contributed by atoms with Gasteiger partial charge in [-0.05, 0) is 25.3 Å². The van der Waals surface area contributed by atoms with Crippen molar-refractivity contribution in [3.05, 3.63) is 35.9 Å². The van der Waals surface area contributed by atoms with Gasteiger partial charge in [0, 0.05) is 6.04 Å². The minimum Gasteiger partial charge on any atom is -0.343 e. The van der Waals surface area contributed by atoms with E-state index >= 15 is 0 Å². The van der Waals surface area contributed by atoms with Crippen LogP contribution in [0.3, 0.4) is 0 Å². The zero-order valence-electron chi connectivity index (χ0n) is 12.8. The Kier molecular flexibility index (Phi) is 4.87. The summed E-state index contributed by atoms with van der Waals surface area (Å²) in [5.41, 5.74) is 1.94. The summed E-state index contributed by atoms with van der Waals surface area (Å²) in [7, 11) is 0. The van der Waals surface area contributed by atoms with Gasteiger partial charge in [-0.15, -0.1) is 0 Å². The van der Waals surface area contributed by atoms with Crippen molar-refractivity contribution in [2.75, 3.05) is 0 Å². The monoisotopic (exact) mass is 293 g/mol. The van der Waals surface area contributed by atoms with E-state index in [-0.39, 0.29) is 12.1 Å². The van der Waals surface area contributed by atoms with Crippen LogP contribution in [0.4, 0.5) is 0 Å². The maximum atomic E-state index is 6.75. The molecule has 1 aromatic carbocycles. The second kappa shape index (κ2) is 6.28. The van der Waals surface area contributed by atoms with Gasteiger partial charge in [-0.25, -0.2) is 0 Å². The minimum absolute atomic E-state index is 0.0804. The van der Waals surface area contributed by atoms with E-state index in [4.69, 9.17) is 21.3 Å². The lowest BCUT2D eigenvalue weighted by atomic mass is 9.93. The van der Waals surface area contributed by atoms with Crippen molar-refractivity contribution in [1.29, 1.82) is 0 Å². The molecule has 0 aromatic heterocycles. The highest BCUT2D eigenvalue weighted by Crippen LogP contribution is 2.49. The third-order valence-electron chi connectivity index (χ3n) is 3.84. The van der Waals surface area contributed by atoms with Gasteiger partial charge in [-0.3, -0.25) is 4.99 Å². The van der Waals surface area contributed by atoms with Crippen LogP contribution in [-0.4, -0.2) is 22.9 Å². The summed E-state index contributed by atoms with van der Waals surface area (Å²) in [5.74, 6) is 0.494. The summed E-state index contributed by atoms with van der Waals surface area (Å²) < 4.78 is 5.90. The number of alkyl halides is 1. The van der Waals surface area contributed by atoms with Crippen molar-refractivity contribution in [3.8, 4) is 0 Å². The van der Waals surface area contributed by atoms with E-state index in [0.29, 0.717) is 5.92 Å². The van der Waals surface area contributed by atoms with Crippen LogP contribution in [0.15, 0.2) is 35.3 Å². The Morgan fingerprint density at radius 2 is 1.85 bits per heavy atom. The Labute approximate surface area is 127 Å². The van der Waals surface area contributed by atoms with Gasteiger partial charge in [0.05, 0.1) is 5.71 Å². The first-order valence-corrected chi connectivity index (χ1v) is 7.91. The van der Waals surface area contributed by atoms with Gasteiger partial charge in [0.1, 0.15) is 6.10 Å². The van der Waals surface area contributed by atoms with Crippen LogP contribution in [-0.2, 0) is 4.74 Å². The van der Waals surface area contributed by atoms with Gasteiger partial charge in [-0.1, -0.05) is 68.6 Å². The van der Waals surface area contributed by atoms with Gasteiger partial charge in [0.15, 0.2) is 0 Å². The fourth-order valence-corrected chi connectivity index (χ4v) is 3.10. The molecule has 2 nitrogen and oxygen atoms in total. The Balaban J connectivity index is 2.31. The molecule has 2 unspecified atom stereocenters. The predicted molar refractivity (Wildman–Crippen MR) is 85.6 cm³/mol. The van der Waals surface area contributed by atoms with E-state index in [0.717, 1.165) is 24.1 Å². The Morgan fingerprint density at radius 1 is 1.25 bits per heavy atom. The number of benzene rings is 1. The van der Waals surface area contributed by atoms with Crippen LogP contribution in [0.2, 0.25) is 0 Å². The largest absolute Gasteiger partial charge is 0.343 e. The van der Waals surface area contributed by atoms with E-state index in [9.17, 15) is 0 Å². The molecule has 0 amide bonds. The number of ether oxygens (including phenoxy) is 1. The van der Waals surface area contributed by atoms with Crippen molar-refractivity contribution in [1.82, 2.24) is 0 Å². The Hall–Kier alpha value is -0.860. The summed E-state index contributed by atoms with van der Waals surface area (Å²) in [6.45, 7) is 8.51. The van der Waals surface area contributed by atoms with Gasteiger partial charge in [0.2, 0.25) is 5.06 Å². The van der Waals surface area contributed by atoms with Crippen LogP contribution in [0, 0.1) is 5.92 Å². The van der Waals surface area contributed by atoms with Crippen LogP contribution < -0.4 is 0 Å². The number of hydrogen-bond acceptors (Lipinski definition) is 2. The van der Waals surface area contributed by atoms with Crippen LogP contribution in [0.25, 0.3) is 0 Å². The summed E-state index contributed by atoms with van der Waals surface area (Å²) >= 11 is 6.75. The molecule has 0 bridgehead atoms. The second-order valence-corrected chi connectivity index (χ2v) is 6.26. The fourth-order valence-electron chi connectivity index (χ4n) is 2.67. The molecule has 3 heteroatoms. The highest BCUT2D eigenvalue weighted by Gasteiger charge is 2.61. The molecular weight excluding hydrogens is 270 g/mol. The molecule has 110 valence electrons. The zero-order valence-corrected chi connectivity index (χ0v) is 13.5. The molecule has 2 atom stereocenters. The fraction of sp³-hybridized carbons (Fsp3) is 0.588. The van der Waals surface area contributed by atoms with E-state index in [1.807, 2.05) is 18.2 Å². The van der Waals surface area contributed by atoms with Crippen molar-refractivity contribution >= 4 is 17.3 Å². The first kappa shape index (κ1) is 15.5. The van der Waals surface area contributed by atoms with Gasteiger partial charge >= 0.3 is 0 Å². The molecule has 1 fully saturated rings. The van der Waals surface area contributed by atoms with Crippen LogP contribution in [0.5, 0.6) is 0 Å². The topological polar surface area (TPSA) is 24.9 Å². The van der Waals surface area contributed by atoms with Gasteiger partial charge in [0.25, 0.3) is 0 Å². The maximum absolute atomic E-state index is 6.75. The molecule has 1 aromatic rings. The molecule has 0 aliphatic carbocycles. The molecule has 1 aliphatic heterocycles. The molecule has 0 spiro atoms. The van der Waals surface area contributed by atoms with Crippen molar-refractivity contribution in [3.63, 3.8) is 0 Å². The normalized spacial score (nSPS) is 26.4. The van der Waals surface area contributed by atoms with E-state index < -0.39 is 5.06 Å². The van der Waals surface area contributed by atoms with Gasteiger partial charge in [-0.2, -0.15) is 0 Å². The molecule has 1 aliphatic rings. The SMILES string of the molecule is CCC(CC)C1OC1(Cl)C(=NC(C)C)c1ccccc1. The van der Waals surface area contributed by atoms with Crippen molar-refractivity contribution in [2.45, 2.75) is 57.7 Å².